The summed E-state index contributed by atoms with van der Waals surface area (Å²) in [6.07, 6.45) is 17.3. The van der Waals surface area contributed by atoms with E-state index in [9.17, 15) is 4.79 Å². The number of nitrogens with zero attached hydrogens (tertiary/aromatic N) is 3. The molecule has 1 amide bonds. The van der Waals surface area contributed by atoms with Gasteiger partial charge in [-0.2, -0.15) is 0 Å². The Balaban J connectivity index is 1.60. The van der Waals surface area contributed by atoms with Crippen molar-refractivity contribution >= 4 is 11.6 Å². The molecule has 150 valence electrons. The van der Waals surface area contributed by atoms with Gasteiger partial charge in [-0.1, -0.05) is 30.9 Å². The largest absolute Gasteiger partial charge is 0.310 e. The average molecular weight is 380 g/mol. The van der Waals surface area contributed by atoms with Crippen LogP contribution in [0.2, 0.25) is 0 Å². The molecule has 0 bridgehead atoms. The van der Waals surface area contributed by atoms with Crippen LogP contribution in [0.1, 0.15) is 39.0 Å². The predicted molar refractivity (Wildman–Crippen MR) is 116 cm³/mol. The lowest BCUT2D eigenvalue weighted by Crippen LogP contribution is -2.43. The molecule has 1 aromatic heterocycles. The first kappa shape index (κ1) is 20.5. The zero-order valence-corrected chi connectivity index (χ0v) is 17.1. The molecule has 1 aliphatic heterocycles. The third-order valence-corrected chi connectivity index (χ3v) is 5.62. The Hall–Kier alpha value is -2.20. The topological polar surface area (TPSA) is 36.4 Å². The van der Waals surface area contributed by atoms with Crippen molar-refractivity contribution in [2.75, 3.05) is 31.1 Å². The Morgan fingerprint density at radius 2 is 2.25 bits per heavy atom. The summed E-state index contributed by atoms with van der Waals surface area (Å²) in [5.41, 5.74) is 2.27. The van der Waals surface area contributed by atoms with E-state index in [-0.39, 0.29) is 11.8 Å². The summed E-state index contributed by atoms with van der Waals surface area (Å²) in [6, 6.07) is 3.93. The standard InChI is InChI=1S/C24H33N3O/c1-3-7-20(8-4-2)13-16-26-15-6-9-21(18-26)19-27(24(28)22-11-12-22)23-10-5-14-25-17-23/h3-5,7-8,10,14,17,21-22H,1,6,9,11-13,15-16,18-19H2,2H3/b8-4-,20-7+/t21-/m0/s1. The number of aromatic nitrogens is 1. The van der Waals surface area contributed by atoms with Gasteiger partial charge in [-0.3, -0.25) is 9.78 Å². The molecule has 1 atom stereocenters. The van der Waals surface area contributed by atoms with Crippen molar-refractivity contribution < 1.29 is 4.79 Å². The second kappa shape index (κ2) is 10.4. The maximum Gasteiger partial charge on any atom is 0.230 e. The molecule has 4 nitrogen and oxygen atoms in total. The number of carbonyl (C=O) groups is 1. The second-order valence-corrected chi connectivity index (χ2v) is 7.97. The van der Waals surface area contributed by atoms with Gasteiger partial charge in [0, 0.05) is 31.7 Å². The highest BCUT2D eigenvalue weighted by Crippen LogP contribution is 2.33. The van der Waals surface area contributed by atoms with Gasteiger partial charge in [-0.15, -0.1) is 0 Å². The molecule has 0 unspecified atom stereocenters. The fourth-order valence-electron chi connectivity index (χ4n) is 4.02. The van der Waals surface area contributed by atoms with Gasteiger partial charge in [0.2, 0.25) is 5.91 Å². The quantitative estimate of drug-likeness (QED) is 0.588. The van der Waals surface area contributed by atoms with Crippen molar-refractivity contribution in [2.45, 2.75) is 39.0 Å². The third-order valence-electron chi connectivity index (χ3n) is 5.62. The molecule has 0 N–H and O–H groups in total. The van der Waals surface area contributed by atoms with Crippen LogP contribution in [0.25, 0.3) is 0 Å². The third kappa shape index (κ3) is 5.90. The Morgan fingerprint density at radius 1 is 1.39 bits per heavy atom. The summed E-state index contributed by atoms with van der Waals surface area (Å²) in [4.78, 5) is 21.7. The zero-order chi connectivity index (χ0) is 19.8. The van der Waals surface area contributed by atoms with Crippen molar-refractivity contribution in [3.05, 3.63) is 61.0 Å². The summed E-state index contributed by atoms with van der Waals surface area (Å²) in [5.74, 6) is 1.03. The van der Waals surface area contributed by atoms with Crippen molar-refractivity contribution in [2.24, 2.45) is 11.8 Å². The highest BCUT2D eigenvalue weighted by molar-refractivity contribution is 5.96. The monoisotopic (exact) mass is 379 g/mol. The number of carbonyl (C=O) groups excluding carboxylic acids is 1. The molecular formula is C24H33N3O. The SMILES string of the molecule is C=C/C=C(\C=C/C)CCN1CCC[C@H](CN(C(=O)C2CC2)c2cccnc2)C1. The van der Waals surface area contributed by atoms with Crippen LogP contribution in [-0.2, 0) is 4.79 Å². The number of rotatable bonds is 9. The predicted octanol–water partition coefficient (Wildman–Crippen LogP) is 4.62. The lowest BCUT2D eigenvalue weighted by molar-refractivity contribution is -0.120. The molecule has 1 saturated heterocycles. The molecule has 0 spiro atoms. The molecule has 2 aliphatic rings. The van der Waals surface area contributed by atoms with Crippen LogP contribution >= 0.6 is 0 Å². The van der Waals surface area contributed by atoms with E-state index in [1.165, 1.54) is 18.4 Å². The number of hydrogen-bond acceptors (Lipinski definition) is 3. The molecule has 0 aromatic carbocycles. The van der Waals surface area contributed by atoms with Crippen molar-refractivity contribution in [1.82, 2.24) is 9.88 Å². The Kier molecular flexibility index (Phi) is 7.61. The minimum Gasteiger partial charge on any atom is -0.310 e. The smallest absolute Gasteiger partial charge is 0.230 e. The number of allylic oxidation sites excluding steroid dienone is 4. The first-order chi connectivity index (χ1) is 13.7. The lowest BCUT2D eigenvalue weighted by Gasteiger charge is -2.36. The van der Waals surface area contributed by atoms with Gasteiger partial charge in [0.1, 0.15) is 0 Å². The Morgan fingerprint density at radius 3 is 2.93 bits per heavy atom. The van der Waals surface area contributed by atoms with Gasteiger partial charge in [-0.25, -0.2) is 0 Å². The van der Waals surface area contributed by atoms with Gasteiger partial charge >= 0.3 is 0 Å². The average Bonchev–Trinajstić information content (AvgIpc) is 3.56. The first-order valence-electron chi connectivity index (χ1n) is 10.6. The summed E-state index contributed by atoms with van der Waals surface area (Å²) in [7, 11) is 0. The van der Waals surface area contributed by atoms with Crippen LogP contribution in [0.3, 0.4) is 0 Å². The van der Waals surface area contributed by atoms with Crippen LogP contribution in [0.15, 0.2) is 61.0 Å². The molecule has 2 heterocycles. The summed E-state index contributed by atoms with van der Waals surface area (Å²) < 4.78 is 0. The van der Waals surface area contributed by atoms with Crippen LogP contribution in [-0.4, -0.2) is 42.0 Å². The van der Waals surface area contributed by atoms with E-state index in [0.717, 1.165) is 51.1 Å². The maximum absolute atomic E-state index is 12.9. The van der Waals surface area contributed by atoms with Gasteiger partial charge in [0.25, 0.3) is 0 Å². The van der Waals surface area contributed by atoms with E-state index >= 15 is 0 Å². The summed E-state index contributed by atoms with van der Waals surface area (Å²) in [6.45, 7) is 9.95. The van der Waals surface area contributed by atoms with Gasteiger partial charge < -0.3 is 9.80 Å². The van der Waals surface area contributed by atoms with Crippen molar-refractivity contribution in [3.8, 4) is 0 Å². The molecule has 2 fully saturated rings. The molecule has 4 heteroatoms. The zero-order valence-electron chi connectivity index (χ0n) is 17.1. The number of pyridine rings is 1. The minimum atomic E-state index is 0.229. The maximum atomic E-state index is 12.9. The molecule has 3 rings (SSSR count). The number of piperidine rings is 1. The molecule has 1 aliphatic carbocycles. The summed E-state index contributed by atoms with van der Waals surface area (Å²) >= 11 is 0. The van der Waals surface area contributed by atoms with Crippen LogP contribution in [0, 0.1) is 11.8 Å². The highest BCUT2D eigenvalue weighted by atomic mass is 16.2. The fourth-order valence-corrected chi connectivity index (χ4v) is 4.02. The Bertz CT molecular complexity index is 706. The van der Waals surface area contributed by atoms with Gasteiger partial charge in [0.15, 0.2) is 0 Å². The molecule has 1 saturated carbocycles. The highest BCUT2D eigenvalue weighted by Gasteiger charge is 2.35. The van der Waals surface area contributed by atoms with E-state index in [1.807, 2.05) is 29.3 Å². The van der Waals surface area contributed by atoms with E-state index in [0.29, 0.717) is 5.92 Å². The molecule has 1 aromatic rings. The number of anilines is 1. The van der Waals surface area contributed by atoms with E-state index in [2.05, 4.69) is 41.6 Å². The van der Waals surface area contributed by atoms with Crippen molar-refractivity contribution in [3.63, 3.8) is 0 Å². The first-order valence-corrected chi connectivity index (χ1v) is 10.6. The molecule has 28 heavy (non-hydrogen) atoms. The molecule has 0 radical (unpaired) electrons. The molecular weight excluding hydrogens is 346 g/mol. The second-order valence-electron chi connectivity index (χ2n) is 7.97. The van der Waals surface area contributed by atoms with Crippen LogP contribution in [0.5, 0.6) is 0 Å². The number of amides is 1. The van der Waals surface area contributed by atoms with E-state index in [4.69, 9.17) is 0 Å². The Labute approximate surface area is 169 Å². The normalized spacial score (nSPS) is 21.0. The lowest BCUT2D eigenvalue weighted by atomic mass is 9.96. The van der Waals surface area contributed by atoms with E-state index in [1.54, 1.807) is 6.20 Å². The van der Waals surface area contributed by atoms with Gasteiger partial charge in [-0.05, 0) is 69.2 Å². The van der Waals surface area contributed by atoms with E-state index < -0.39 is 0 Å². The fraction of sp³-hybridized carbons (Fsp3) is 0.500. The number of hydrogen-bond donors (Lipinski definition) is 0. The summed E-state index contributed by atoms with van der Waals surface area (Å²) in [5, 5.41) is 0. The van der Waals surface area contributed by atoms with Crippen molar-refractivity contribution in [1.29, 1.82) is 0 Å². The van der Waals surface area contributed by atoms with Crippen LogP contribution in [0.4, 0.5) is 5.69 Å². The minimum absolute atomic E-state index is 0.229. The van der Waals surface area contributed by atoms with Crippen LogP contribution < -0.4 is 4.90 Å². The van der Waals surface area contributed by atoms with Gasteiger partial charge in [0.05, 0.1) is 11.9 Å². The number of likely N-dealkylation sites (tertiary alicyclic amines) is 1.